The SMILES string of the molecule is CC(NC(=O)c1cccc(NS(=O)(=O)c2ccccc2)c1)c1cccc(C(F)(F)F)c1. The molecule has 0 bridgehead atoms. The lowest BCUT2D eigenvalue weighted by atomic mass is 10.0. The fourth-order valence-electron chi connectivity index (χ4n) is 2.89. The van der Waals surface area contributed by atoms with Crippen molar-refractivity contribution in [2.75, 3.05) is 4.72 Å². The molecule has 1 amide bonds. The monoisotopic (exact) mass is 448 g/mol. The van der Waals surface area contributed by atoms with Crippen LogP contribution in [-0.2, 0) is 16.2 Å². The molecule has 0 aliphatic rings. The van der Waals surface area contributed by atoms with Gasteiger partial charge in [0.15, 0.2) is 0 Å². The fourth-order valence-corrected chi connectivity index (χ4v) is 3.96. The number of nitrogens with one attached hydrogen (secondary N) is 2. The Labute approximate surface area is 178 Å². The van der Waals surface area contributed by atoms with Gasteiger partial charge < -0.3 is 5.32 Å². The zero-order valence-corrected chi connectivity index (χ0v) is 17.2. The first kappa shape index (κ1) is 22.4. The van der Waals surface area contributed by atoms with Crippen LogP contribution in [0.3, 0.4) is 0 Å². The molecule has 0 spiro atoms. The lowest BCUT2D eigenvalue weighted by Crippen LogP contribution is -2.27. The first-order chi connectivity index (χ1) is 14.6. The largest absolute Gasteiger partial charge is 0.416 e. The maximum absolute atomic E-state index is 12.9. The van der Waals surface area contributed by atoms with Crippen molar-refractivity contribution in [3.63, 3.8) is 0 Å². The molecule has 3 aromatic rings. The molecule has 3 rings (SSSR count). The van der Waals surface area contributed by atoms with Gasteiger partial charge in [-0.3, -0.25) is 9.52 Å². The maximum atomic E-state index is 12.9. The second-order valence-corrected chi connectivity index (χ2v) is 8.50. The van der Waals surface area contributed by atoms with E-state index in [1.165, 1.54) is 48.5 Å². The minimum absolute atomic E-state index is 0.0722. The van der Waals surface area contributed by atoms with Gasteiger partial charge in [0.05, 0.1) is 16.5 Å². The first-order valence-corrected chi connectivity index (χ1v) is 10.7. The third kappa shape index (κ3) is 5.64. The molecule has 0 fully saturated rings. The van der Waals surface area contributed by atoms with Gasteiger partial charge in [-0.15, -0.1) is 0 Å². The second kappa shape index (κ2) is 8.81. The molecule has 0 aromatic heterocycles. The van der Waals surface area contributed by atoms with E-state index in [0.717, 1.165) is 12.1 Å². The Kier molecular flexibility index (Phi) is 6.35. The minimum Gasteiger partial charge on any atom is -0.346 e. The highest BCUT2D eigenvalue weighted by Crippen LogP contribution is 2.30. The Morgan fingerprint density at radius 3 is 2.26 bits per heavy atom. The molecule has 0 aliphatic heterocycles. The van der Waals surface area contributed by atoms with Gasteiger partial charge in [-0.1, -0.05) is 36.4 Å². The van der Waals surface area contributed by atoms with Crippen molar-refractivity contribution in [2.24, 2.45) is 0 Å². The highest BCUT2D eigenvalue weighted by molar-refractivity contribution is 7.92. The highest BCUT2D eigenvalue weighted by Gasteiger charge is 2.30. The van der Waals surface area contributed by atoms with Crippen molar-refractivity contribution < 1.29 is 26.4 Å². The van der Waals surface area contributed by atoms with Crippen LogP contribution in [0.15, 0.2) is 83.8 Å². The van der Waals surface area contributed by atoms with E-state index in [-0.39, 0.29) is 16.1 Å². The van der Waals surface area contributed by atoms with Gasteiger partial charge in [-0.25, -0.2) is 8.42 Å². The minimum atomic E-state index is -4.48. The summed E-state index contributed by atoms with van der Waals surface area (Å²) in [7, 11) is -3.83. The zero-order chi connectivity index (χ0) is 22.6. The van der Waals surface area contributed by atoms with Gasteiger partial charge in [-0.2, -0.15) is 13.2 Å². The van der Waals surface area contributed by atoms with Gasteiger partial charge >= 0.3 is 6.18 Å². The number of benzene rings is 3. The van der Waals surface area contributed by atoms with E-state index in [2.05, 4.69) is 10.0 Å². The van der Waals surface area contributed by atoms with Gasteiger partial charge in [0.2, 0.25) is 0 Å². The number of amides is 1. The normalized spacial score (nSPS) is 12.8. The second-order valence-electron chi connectivity index (χ2n) is 6.82. The maximum Gasteiger partial charge on any atom is 0.416 e. The summed E-state index contributed by atoms with van der Waals surface area (Å²) in [5.41, 5.74) is -0.164. The van der Waals surface area contributed by atoms with Gasteiger partial charge in [0.1, 0.15) is 0 Å². The van der Waals surface area contributed by atoms with Crippen LogP contribution < -0.4 is 10.0 Å². The van der Waals surface area contributed by atoms with E-state index in [1.807, 2.05) is 0 Å². The summed E-state index contributed by atoms with van der Waals surface area (Å²) in [6, 6.07) is 17.6. The molecule has 0 heterocycles. The molecule has 162 valence electrons. The van der Waals surface area contributed by atoms with Crippen LogP contribution in [0.4, 0.5) is 18.9 Å². The first-order valence-electron chi connectivity index (χ1n) is 9.22. The number of sulfonamides is 1. The number of anilines is 1. The predicted octanol–water partition coefficient (Wildman–Crippen LogP) is 5.00. The summed E-state index contributed by atoms with van der Waals surface area (Å²) in [4.78, 5) is 12.7. The molecule has 3 aromatic carbocycles. The number of carbonyl (C=O) groups excluding carboxylic acids is 1. The molecular weight excluding hydrogens is 429 g/mol. The number of carbonyl (C=O) groups is 1. The van der Waals surface area contributed by atoms with Crippen molar-refractivity contribution in [1.82, 2.24) is 5.32 Å². The fraction of sp³-hybridized carbons (Fsp3) is 0.136. The molecule has 2 N–H and O–H groups in total. The van der Waals surface area contributed by atoms with Crippen molar-refractivity contribution in [3.05, 3.63) is 95.6 Å². The summed E-state index contributed by atoms with van der Waals surface area (Å²) in [6.45, 7) is 1.56. The number of hydrogen-bond donors (Lipinski definition) is 2. The van der Waals surface area contributed by atoms with E-state index in [4.69, 9.17) is 0 Å². The molecule has 5 nitrogen and oxygen atoms in total. The van der Waals surface area contributed by atoms with Crippen molar-refractivity contribution in [1.29, 1.82) is 0 Å². The quantitative estimate of drug-likeness (QED) is 0.558. The van der Waals surface area contributed by atoms with Gasteiger partial charge in [0.25, 0.3) is 15.9 Å². The number of halogens is 3. The van der Waals surface area contributed by atoms with Crippen LogP contribution in [-0.4, -0.2) is 14.3 Å². The molecule has 0 saturated carbocycles. The van der Waals surface area contributed by atoms with Crippen molar-refractivity contribution >= 4 is 21.6 Å². The highest BCUT2D eigenvalue weighted by atomic mass is 32.2. The van der Waals surface area contributed by atoms with E-state index < -0.39 is 33.7 Å². The lowest BCUT2D eigenvalue weighted by molar-refractivity contribution is -0.137. The molecule has 9 heteroatoms. The van der Waals surface area contributed by atoms with Gasteiger partial charge in [-0.05, 0) is 55.0 Å². The Bertz CT molecular complexity index is 1180. The summed E-state index contributed by atoms with van der Waals surface area (Å²) in [5, 5.41) is 2.63. The topological polar surface area (TPSA) is 75.3 Å². The Morgan fingerprint density at radius 1 is 0.903 bits per heavy atom. The van der Waals surface area contributed by atoms with Crippen LogP contribution in [0.1, 0.15) is 34.5 Å². The van der Waals surface area contributed by atoms with Crippen molar-refractivity contribution in [2.45, 2.75) is 24.0 Å². The molecule has 0 radical (unpaired) electrons. The smallest absolute Gasteiger partial charge is 0.346 e. The molecule has 1 unspecified atom stereocenters. The summed E-state index contributed by atoms with van der Waals surface area (Å²) >= 11 is 0. The molecule has 31 heavy (non-hydrogen) atoms. The third-order valence-corrected chi connectivity index (χ3v) is 5.89. The lowest BCUT2D eigenvalue weighted by Gasteiger charge is -2.17. The Morgan fingerprint density at radius 2 is 1.58 bits per heavy atom. The van der Waals surface area contributed by atoms with Crippen molar-refractivity contribution in [3.8, 4) is 0 Å². The Hall–Kier alpha value is -3.33. The predicted molar refractivity (Wildman–Crippen MR) is 111 cm³/mol. The molecule has 0 aliphatic carbocycles. The van der Waals surface area contributed by atoms with Gasteiger partial charge in [0, 0.05) is 11.3 Å². The standard InChI is InChI=1S/C22H19F3N2O3S/c1-15(16-7-5-9-18(13-16)22(23,24)25)26-21(28)17-8-6-10-19(14-17)27-31(29,30)20-11-3-2-4-12-20/h2-15,27H,1H3,(H,26,28). The third-order valence-electron chi connectivity index (χ3n) is 4.49. The van der Waals surface area contributed by atoms with Crippen LogP contribution >= 0.6 is 0 Å². The van der Waals surface area contributed by atoms with Crippen LogP contribution in [0.2, 0.25) is 0 Å². The average molecular weight is 448 g/mol. The zero-order valence-electron chi connectivity index (χ0n) is 16.3. The van der Waals surface area contributed by atoms with Crippen LogP contribution in [0.25, 0.3) is 0 Å². The number of alkyl halides is 3. The summed E-state index contributed by atoms with van der Waals surface area (Å²) < 4.78 is 66.1. The molecule has 0 saturated heterocycles. The van der Waals surface area contributed by atoms with E-state index in [9.17, 15) is 26.4 Å². The average Bonchev–Trinajstić information content (AvgIpc) is 2.73. The number of hydrogen-bond acceptors (Lipinski definition) is 3. The van der Waals surface area contributed by atoms with E-state index in [1.54, 1.807) is 25.1 Å². The number of rotatable bonds is 6. The van der Waals surface area contributed by atoms with Crippen LogP contribution in [0, 0.1) is 0 Å². The van der Waals surface area contributed by atoms with E-state index in [0.29, 0.717) is 5.56 Å². The summed E-state index contributed by atoms with van der Waals surface area (Å²) in [5.74, 6) is -0.550. The van der Waals surface area contributed by atoms with Crippen LogP contribution in [0.5, 0.6) is 0 Å². The summed E-state index contributed by atoms with van der Waals surface area (Å²) in [6.07, 6.45) is -4.48. The van der Waals surface area contributed by atoms with E-state index >= 15 is 0 Å². The molecule has 1 atom stereocenters. The molecular formula is C22H19F3N2O3S. The Balaban J connectivity index is 1.75.